The summed E-state index contributed by atoms with van der Waals surface area (Å²) < 4.78 is 13.6. The zero-order valence-corrected chi connectivity index (χ0v) is 18.3. The second-order valence-corrected chi connectivity index (χ2v) is 8.57. The number of rotatable bonds is 4. The van der Waals surface area contributed by atoms with E-state index in [-0.39, 0.29) is 18.9 Å². The van der Waals surface area contributed by atoms with Crippen LogP contribution in [0, 0.1) is 26.6 Å². The molecule has 0 spiro atoms. The number of nitrogens with zero attached hydrogens (tertiary/aromatic N) is 2. The third-order valence-electron chi connectivity index (χ3n) is 5.34. The van der Waals surface area contributed by atoms with Crippen LogP contribution in [-0.2, 0) is 9.59 Å². The predicted molar refractivity (Wildman–Crippen MR) is 123 cm³/mol. The van der Waals surface area contributed by atoms with Gasteiger partial charge >= 0.3 is 0 Å². The smallest absolute Gasteiger partial charge is 0.244 e. The molecule has 0 radical (unpaired) electrons. The average molecular weight is 436 g/mol. The summed E-state index contributed by atoms with van der Waals surface area (Å²) in [5.41, 5.74) is 5.15. The molecule has 7 heteroatoms. The first-order valence-corrected chi connectivity index (χ1v) is 10.8. The summed E-state index contributed by atoms with van der Waals surface area (Å²) in [7, 11) is 0. The van der Waals surface area contributed by atoms with Crippen molar-refractivity contribution in [3.63, 3.8) is 0 Å². The Labute approximate surface area is 184 Å². The van der Waals surface area contributed by atoms with Gasteiger partial charge in [0, 0.05) is 10.6 Å². The van der Waals surface area contributed by atoms with E-state index in [2.05, 4.69) is 5.32 Å². The number of amides is 2. The van der Waals surface area contributed by atoms with Crippen molar-refractivity contribution in [2.24, 2.45) is 4.99 Å². The highest BCUT2D eigenvalue weighted by Crippen LogP contribution is 2.36. The second-order valence-electron chi connectivity index (χ2n) is 7.63. The first-order valence-electron chi connectivity index (χ1n) is 9.91. The van der Waals surface area contributed by atoms with Gasteiger partial charge in [-0.25, -0.2) is 9.38 Å². The van der Waals surface area contributed by atoms with Crippen LogP contribution in [0.25, 0.3) is 0 Å². The van der Waals surface area contributed by atoms with Gasteiger partial charge in [-0.1, -0.05) is 12.1 Å². The third-order valence-corrected chi connectivity index (χ3v) is 6.26. The molecule has 1 aliphatic rings. The van der Waals surface area contributed by atoms with E-state index in [1.54, 1.807) is 13.0 Å². The van der Waals surface area contributed by atoms with Gasteiger partial charge in [-0.05, 0) is 73.2 Å². The molecule has 2 aromatic carbocycles. The molecule has 0 fully saturated rings. The molecule has 5 nitrogen and oxygen atoms in total. The van der Waals surface area contributed by atoms with Crippen molar-refractivity contribution in [2.75, 3.05) is 16.8 Å². The number of aryl methyl sites for hydroxylation is 3. The molecule has 0 atom stereocenters. The van der Waals surface area contributed by atoms with Crippen LogP contribution >= 0.6 is 11.3 Å². The molecule has 0 saturated carbocycles. The summed E-state index contributed by atoms with van der Waals surface area (Å²) in [4.78, 5) is 33.2. The van der Waals surface area contributed by atoms with Crippen LogP contribution in [0.5, 0.6) is 0 Å². The fourth-order valence-corrected chi connectivity index (χ4v) is 4.18. The standard InChI is InChI=1S/C24H22FN3O2S/c1-14-6-7-17(25)11-18(14)27-23(29)13-28-21-10-16(3)15(2)9-19(21)26-20(12-24(28)30)22-5-4-8-31-22/h4-11H,12-13H2,1-3H3,(H,27,29). The number of halogens is 1. The minimum atomic E-state index is -0.433. The number of carbonyl (C=O) groups excluding carboxylic acids is 2. The molecule has 1 aromatic heterocycles. The molecular formula is C24H22FN3O2S. The number of fused-ring (bicyclic) bond motifs is 1. The van der Waals surface area contributed by atoms with Crippen LogP contribution in [-0.4, -0.2) is 24.1 Å². The fraction of sp³-hybridized carbons (Fsp3) is 0.208. The maximum absolute atomic E-state index is 13.6. The predicted octanol–water partition coefficient (Wildman–Crippen LogP) is 5.31. The van der Waals surface area contributed by atoms with Crippen molar-refractivity contribution >= 4 is 45.9 Å². The zero-order chi connectivity index (χ0) is 22.1. The van der Waals surface area contributed by atoms with Crippen LogP contribution < -0.4 is 10.2 Å². The molecule has 0 bridgehead atoms. The Balaban J connectivity index is 1.67. The van der Waals surface area contributed by atoms with Gasteiger partial charge in [-0.2, -0.15) is 0 Å². The molecule has 2 amide bonds. The maximum Gasteiger partial charge on any atom is 0.244 e. The molecule has 4 rings (SSSR count). The number of hydrogen-bond donors (Lipinski definition) is 1. The first-order chi connectivity index (χ1) is 14.8. The molecule has 1 N–H and O–H groups in total. The lowest BCUT2D eigenvalue weighted by Crippen LogP contribution is -2.38. The Bertz CT molecular complexity index is 1200. The number of aliphatic imine (C=N–C) groups is 1. The van der Waals surface area contributed by atoms with Crippen molar-refractivity contribution in [1.82, 2.24) is 0 Å². The van der Waals surface area contributed by atoms with Gasteiger partial charge in [-0.3, -0.25) is 9.59 Å². The summed E-state index contributed by atoms with van der Waals surface area (Å²) in [6.07, 6.45) is 0.0968. The quantitative estimate of drug-likeness (QED) is 0.604. The van der Waals surface area contributed by atoms with Crippen molar-refractivity contribution in [1.29, 1.82) is 0 Å². The third kappa shape index (κ3) is 4.41. The molecular weight excluding hydrogens is 413 g/mol. The monoisotopic (exact) mass is 435 g/mol. The van der Waals surface area contributed by atoms with Gasteiger partial charge in [0.2, 0.25) is 11.8 Å². The molecule has 0 aliphatic carbocycles. The number of carbonyl (C=O) groups is 2. The van der Waals surface area contributed by atoms with Crippen molar-refractivity contribution in [3.8, 4) is 0 Å². The molecule has 2 heterocycles. The van der Waals surface area contributed by atoms with Crippen LogP contribution in [0.1, 0.15) is 28.0 Å². The highest BCUT2D eigenvalue weighted by molar-refractivity contribution is 7.12. The number of hydrogen-bond acceptors (Lipinski definition) is 4. The lowest BCUT2D eigenvalue weighted by molar-refractivity contribution is -0.120. The Morgan fingerprint density at radius 3 is 2.65 bits per heavy atom. The summed E-state index contributed by atoms with van der Waals surface area (Å²) in [6, 6.07) is 11.9. The second kappa shape index (κ2) is 8.43. The van der Waals surface area contributed by atoms with Gasteiger partial charge in [-0.15, -0.1) is 11.3 Å². The Morgan fingerprint density at radius 2 is 1.90 bits per heavy atom. The molecule has 0 unspecified atom stereocenters. The topological polar surface area (TPSA) is 61.8 Å². The Morgan fingerprint density at radius 1 is 1.13 bits per heavy atom. The van der Waals surface area contributed by atoms with E-state index in [4.69, 9.17) is 4.99 Å². The van der Waals surface area contributed by atoms with Gasteiger partial charge in [0.25, 0.3) is 0 Å². The number of thiophene rings is 1. The zero-order valence-electron chi connectivity index (χ0n) is 17.5. The molecule has 0 saturated heterocycles. The van der Waals surface area contributed by atoms with Crippen molar-refractivity contribution < 1.29 is 14.0 Å². The van der Waals surface area contributed by atoms with E-state index in [0.717, 1.165) is 21.6 Å². The highest BCUT2D eigenvalue weighted by atomic mass is 32.1. The first kappa shape index (κ1) is 20.9. The van der Waals surface area contributed by atoms with E-state index in [1.807, 2.05) is 43.5 Å². The van der Waals surface area contributed by atoms with Crippen molar-refractivity contribution in [2.45, 2.75) is 27.2 Å². The SMILES string of the molecule is Cc1cc2c(cc1C)N(CC(=O)Nc1cc(F)ccc1C)C(=O)CC(c1cccs1)=N2. The number of anilines is 2. The molecule has 158 valence electrons. The fourth-order valence-electron chi connectivity index (χ4n) is 3.47. The van der Waals surface area contributed by atoms with Gasteiger partial charge in [0.15, 0.2) is 0 Å². The van der Waals surface area contributed by atoms with E-state index >= 15 is 0 Å². The molecule has 1 aliphatic heterocycles. The summed E-state index contributed by atoms with van der Waals surface area (Å²) in [5, 5.41) is 4.67. The normalized spacial score (nSPS) is 13.5. The van der Waals surface area contributed by atoms with Crippen LogP contribution in [0.4, 0.5) is 21.5 Å². The van der Waals surface area contributed by atoms with Crippen molar-refractivity contribution in [3.05, 3.63) is 75.2 Å². The molecule has 31 heavy (non-hydrogen) atoms. The van der Waals surface area contributed by atoms with E-state index in [1.165, 1.54) is 28.4 Å². The number of nitrogens with one attached hydrogen (secondary N) is 1. The van der Waals surface area contributed by atoms with Crippen LogP contribution in [0.15, 0.2) is 52.8 Å². The summed E-state index contributed by atoms with van der Waals surface area (Å²) in [5.74, 6) is -1.04. The maximum atomic E-state index is 13.6. The van der Waals surface area contributed by atoms with Crippen LogP contribution in [0.3, 0.4) is 0 Å². The van der Waals surface area contributed by atoms with Gasteiger partial charge in [0.05, 0.1) is 23.5 Å². The lowest BCUT2D eigenvalue weighted by atomic mass is 10.1. The van der Waals surface area contributed by atoms with E-state index in [0.29, 0.717) is 22.8 Å². The Hall–Kier alpha value is -3.32. The van der Waals surface area contributed by atoms with Gasteiger partial charge in [0.1, 0.15) is 12.4 Å². The highest BCUT2D eigenvalue weighted by Gasteiger charge is 2.27. The van der Waals surface area contributed by atoms with Gasteiger partial charge < -0.3 is 10.2 Å². The molecule has 3 aromatic rings. The average Bonchev–Trinajstić information content (AvgIpc) is 3.22. The summed E-state index contributed by atoms with van der Waals surface area (Å²) >= 11 is 1.53. The minimum absolute atomic E-state index is 0.0968. The number of benzene rings is 2. The Kier molecular flexibility index (Phi) is 5.69. The largest absolute Gasteiger partial charge is 0.324 e. The van der Waals surface area contributed by atoms with E-state index < -0.39 is 11.7 Å². The lowest BCUT2D eigenvalue weighted by Gasteiger charge is -2.23. The minimum Gasteiger partial charge on any atom is -0.324 e. The summed E-state index contributed by atoms with van der Waals surface area (Å²) in [6.45, 7) is 5.56. The van der Waals surface area contributed by atoms with E-state index in [9.17, 15) is 14.0 Å². The van der Waals surface area contributed by atoms with Crippen LogP contribution in [0.2, 0.25) is 0 Å².